The molecule has 2 aliphatic rings. The maximum Gasteiger partial charge on any atom is 0.319 e. The van der Waals surface area contributed by atoms with Crippen molar-refractivity contribution in [1.29, 1.82) is 0 Å². The van der Waals surface area contributed by atoms with Crippen LogP contribution in [0.25, 0.3) is 11.4 Å². The van der Waals surface area contributed by atoms with Crippen molar-refractivity contribution in [3.05, 3.63) is 35.5 Å². The summed E-state index contributed by atoms with van der Waals surface area (Å²) < 4.78 is 10.9. The lowest BCUT2D eigenvalue weighted by Gasteiger charge is -2.37. The van der Waals surface area contributed by atoms with Gasteiger partial charge in [0.25, 0.3) is 0 Å². The van der Waals surface area contributed by atoms with Crippen LogP contribution in [0.15, 0.2) is 24.3 Å². The molecule has 4 rings (SSSR count). The molecule has 2 aliphatic heterocycles. The van der Waals surface area contributed by atoms with Gasteiger partial charge in [-0.25, -0.2) is 14.8 Å². The first-order chi connectivity index (χ1) is 16.1. The molecule has 178 valence electrons. The molecule has 1 atom stereocenters. The van der Waals surface area contributed by atoms with Crippen LogP contribution >= 0.6 is 0 Å². The topological polar surface area (TPSA) is 91.9 Å². The number of aromatic nitrogens is 2. The van der Waals surface area contributed by atoms with Gasteiger partial charge in [-0.05, 0) is 44.5 Å². The van der Waals surface area contributed by atoms with E-state index in [0.717, 1.165) is 55.4 Å². The predicted molar refractivity (Wildman–Crippen MR) is 129 cm³/mol. The van der Waals surface area contributed by atoms with Gasteiger partial charge in [-0.1, -0.05) is 0 Å². The standard InChI is InChI=1S/C24H34N6O3/c1-4-25-24(31)26-19-7-5-18(6-8-19)22-27-21-17(2)29(11-14-32-3)10-9-20(21)23(28-22)30-12-15-33-16-13-30/h5-8,17H,4,9-16H2,1-3H3,(H2,25,26,31)/t17-/m1/s1. The molecule has 1 aromatic carbocycles. The summed E-state index contributed by atoms with van der Waals surface area (Å²) in [7, 11) is 1.74. The van der Waals surface area contributed by atoms with Crippen molar-refractivity contribution in [1.82, 2.24) is 20.2 Å². The van der Waals surface area contributed by atoms with E-state index in [4.69, 9.17) is 19.4 Å². The quantitative estimate of drug-likeness (QED) is 0.665. The Morgan fingerprint density at radius 1 is 1.18 bits per heavy atom. The van der Waals surface area contributed by atoms with Gasteiger partial charge in [0.15, 0.2) is 5.82 Å². The summed E-state index contributed by atoms with van der Waals surface area (Å²) in [6.45, 7) is 10.3. The summed E-state index contributed by atoms with van der Waals surface area (Å²) in [5, 5.41) is 5.57. The van der Waals surface area contributed by atoms with E-state index in [1.165, 1.54) is 5.56 Å². The van der Waals surface area contributed by atoms with Crippen molar-refractivity contribution in [3.63, 3.8) is 0 Å². The largest absolute Gasteiger partial charge is 0.383 e. The molecule has 2 aromatic rings. The SMILES string of the molecule is CCNC(=O)Nc1ccc(-c2nc3c(c(N4CCOCC4)n2)CCN(CCOC)[C@@H]3C)cc1. The highest BCUT2D eigenvalue weighted by molar-refractivity contribution is 5.89. The zero-order chi connectivity index (χ0) is 23.2. The van der Waals surface area contributed by atoms with Gasteiger partial charge in [0.1, 0.15) is 5.82 Å². The molecule has 9 nitrogen and oxygen atoms in total. The molecule has 3 heterocycles. The number of methoxy groups -OCH3 is 1. The van der Waals surface area contributed by atoms with Crippen molar-refractivity contribution in [2.75, 3.05) is 69.9 Å². The average molecular weight is 455 g/mol. The second-order valence-electron chi connectivity index (χ2n) is 8.35. The summed E-state index contributed by atoms with van der Waals surface area (Å²) in [5.41, 5.74) is 4.00. The first kappa shape index (κ1) is 23.4. The first-order valence-corrected chi connectivity index (χ1v) is 11.7. The molecule has 33 heavy (non-hydrogen) atoms. The van der Waals surface area contributed by atoms with E-state index in [0.29, 0.717) is 32.2 Å². The highest BCUT2D eigenvalue weighted by Gasteiger charge is 2.30. The van der Waals surface area contributed by atoms with Crippen LogP contribution in [0.4, 0.5) is 16.3 Å². The van der Waals surface area contributed by atoms with Gasteiger partial charge in [0, 0.05) is 62.7 Å². The Labute approximate surface area is 195 Å². The number of fused-ring (bicyclic) bond motifs is 1. The van der Waals surface area contributed by atoms with Crippen LogP contribution in [0.1, 0.15) is 31.1 Å². The van der Waals surface area contributed by atoms with Gasteiger partial charge in [0.05, 0.1) is 25.5 Å². The number of benzene rings is 1. The molecule has 2 amide bonds. The van der Waals surface area contributed by atoms with Crippen molar-refractivity contribution in [2.45, 2.75) is 26.3 Å². The van der Waals surface area contributed by atoms with E-state index >= 15 is 0 Å². The Morgan fingerprint density at radius 2 is 1.94 bits per heavy atom. The zero-order valence-electron chi connectivity index (χ0n) is 19.8. The summed E-state index contributed by atoms with van der Waals surface area (Å²) in [6, 6.07) is 7.66. The number of nitrogens with one attached hydrogen (secondary N) is 2. The minimum Gasteiger partial charge on any atom is -0.383 e. The normalized spacial score (nSPS) is 18.6. The van der Waals surface area contributed by atoms with Crippen molar-refractivity contribution < 1.29 is 14.3 Å². The monoisotopic (exact) mass is 454 g/mol. The Morgan fingerprint density at radius 3 is 2.64 bits per heavy atom. The number of carbonyl (C=O) groups excluding carboxylic acids is 1. The molecular formula is C24H34N6O3. The number of anilines is 2. The Kier molecular flexibility index (Phi) is 7.74. The number of carbonyl (C=O) groups is 1. The predicted octanol–water partition coefficient (Wildman–Crippen LogP) is 2.69. The number of ether oxygens (including phenoxy) is 2. The molecule has 0 saturated carbocycles. The molecule has 1 aromatic heterocycles. The second kappa shape index (κ2) is 10.9. The summed E-state index contributed by atoms with van der Waals surface area (Å²) in [5.74, 6) is 1.74. The van der Waals surface area contributed by atoms with Gasteiger partial charge in [0.2, 0.25) is 0 Å². The fraction of sp³-hybridized carbons (Fsp3) is 0.542. The number of rotatable bonds is 7. The fourth-order valence-corrected chi connectivity index (χ4v) is 4.41. The lowest BCUT2D eigenvalue weighted by molar-refractivity contribution is 0.116. The molecule has 0 aliphatic carbocycles. The van der Waals surface area contributed by atoms with Crippen molar-refractivity contribution in [3.8, 4) is 11.4 Å². The fourth-order valence-electron chi connectivity index (χ4n) is 4.41. The third-order valence-electron chi connectivity index (χ3n) is 6.24. The van der Waals surface area contributed by atoms with Gasteiger partial charge in [-0.3, -0.25) is 4.90 Å². The molecule has 1 fully saturated rings. The van der Waals surface area contributed by atoms with Crippen LogP contribution in [0.2, 0.25) is 0 Å². The number of hydrogen-bond donors (Lipinski definition) is 2. The minimum absolute atomic E-state index is 0.184. The number of nitrogens with zero attached hydrogens (tertiary/aromatic N) is 4. The molecule has 0 bridgehead atoms. The maximum absolute atomic E-state index is 11.8. The minimum atomic E-state index is -0.213. The van der Waals surface area contributed by atoms with E-state index in [1.807, 2.05) is 31.2 Å². The lowest BCUT2D eigenvalue weighted by Crippen LogP contribution is -2.41. The summed E-state index contributed by atoms with van der Waals surface area (Å²) >= 11 is 0. The highest BCUT2D eigenvalue weighted by Crippen LogP contribution is 2.35. The van der Waals surface area contributed by atoms with Crippen LogP contribution in [-0.4, -0.2) is 80.6 Å². The summed E-state index contributed by atoms with van der Waals surface area (Å²) in [4.78, 5) is 26.6. The molecule has 0 spiro atoms. The van der Waals surface area contributed by atoms with Crippen LogP contribution in [0.3, 0.4) is 0 Å². The molecule has 9 heteroatoms. The average Bonchev–Trinajstić information content (AvgIpc) is 2.84. The van der Waals surface area contributed by atoms with Gasteiger partial charge < -0.3 is 25.0 Å². The Hall–Kier alpha value is -2.75. The van der Waals surface area contributed by atoms with Crippen LogP contribution in [0, 0.1) is 0 Å². The number of hydrogen-bond acceptors (Lipinski definition) is 7. The van der Waals surface area contributed by atoms with E-state index in [1.54, 1.807) is 7.11 Å². The number of amides is 2. The molecule has 2 N–H and O–H groups in total. The van der Waals surface area contributed by atoms with E-state index in [2.05, 4.69) is 27.4 Å². The zero-order valence-corrected chi connectivity index (χ0v) is 19.8. The van der Waals surface area contributed by atoms with E-state index < -0.39 is 0 Å². The maximum atomic E-state index is 11.8. The molecule has 1 saturated heterocycles. The highest BCUT2D eigenvalue weighted by atomic mass is 16.5. The third-order valence-corrected chi connectivity index (χ3v) is 6.24. The first-order valence-electron chi connectivity index (χ1n) is 11.7. The van der Waals surface area contributed by atoms with Crippen molar-refractivity contribution >= 4 is 17.5 Å². The second-order valence-corrected chi connectivity index (χ2v) is 8.35. The number of urea groups is 1. The third kappa shape index (κ3) is 5.43. The van der Waals surface area contributed by atoms with Crippen LogP contribution < -0.4 is 15.5 Å². The Balaban J connectivity index is 1.67. The van der Waals surface area contributed by atoms with E-state index in [9.17, 15) is 4.79 Å². The van der Waals surface area contributed by atoms with Gasteiger partial charge in [-0.2, -0.15) is 0 Å². The Bertz CT molecular complexity index is 946. The smallest absolute Gasteiger partial charge is 0.319 e. The van der Waals surface area contributed by atoms with Crippen molar-refractivity contribution in [2.24, 2.45) is 0 Å². The summed E-state index contributed by atoms with van der Waals surface area (Å²) in [6.07, 6.45) is 0.922. The van der Waals surface area contributed by atoms with Gasteiger partial charge >= 0.3 is 6.03 Å². The molecular weight excluding hydrogens is 420 g/mol. The number of morpholine rings is 1. The lowest BCUT2D eigenvalue weighted by atomic mass is 9.98. The van der Waals surface area contributed by atoms with Crippen LogP contribution in [-0.2, 0) is 15.9 Å². The van der Waals surface area contributed by atoms with Gasteiger partial charge in [-0.15, -0.1) is 0 Å². The molecule has 0 unspecified atom stereocenters. The molecule has 0 radical (unpaired) electrons. The van der Waals surface area contributed by atoms with E-state index in [-0.39, 0.29) is 12.1 Å². The van der Waals surface area contributed by atoms with Crippen LogP contribution in [0.5, 0.6) is 0 Å².